The molecule has 0 radical (unpaired) electrons. The number of nitrogens with one attached hydrogen (secondary N) is 2. The van der Waals surface area contributed by atoms with Gasteiger partial charge in [-0.2, -0.15) is 0 Å². The molecule has 1 saturated heterocycles. The number of piperidine rings is 1. The highest BCUT2D eigenvalue weighted by Crippen LogP contribution is 2.59. The Balaban J connectivity index is 0.00000259. The molecule has 0 spiro atoms. The van der Waals surface area contributed by atoms with Gasteiger partial charge in [-0.05, 0) is 105 Å². The van der Waals surface area contributed by atoms with Crippen LogP contribution in [0.15, 0.2) is 18.2 Å². The SMILES string of the molecule is Cl.O=C(NCC12CC3CC(CC(C3)C1)C2)c1cc(CN2CCC(NCCO)CC2)ccc1Cl. The smallest absolute Gasteiger partial charge is 0.252 e. The third-order valence-electron chi connectivity index (χ3n) is 8.60. The highest BCUT2D eigenvalue weighted by Gasteiger charge is 2.50. The summed E-state index contributed by atoms with van der Waals surface area (Å²) in [5, 5.41) is 16.2. The molecule has 0 atom stereocenters. The van der Waals surface area contributed by atoms with Crippen LogP contribution in [0.1, 0.15) is 67.3 Å². The summed E-state index contributed by atoms with van der Waals surface area (Å²) in [5.41, 5.74) is 2.10. The normalized spacial score (nSPS) is 31.4. The quantitative estimate of drug-likeness (QED) is 0.504. The van der Waals surface area contributed by atoms with Crippen LogP contribution in [-0.2, 0) is 6.54 Å². The van der Waals surface area contributed by atoms with E-state index >= 15 is 0 Å². The Morgan fingerprint density at radius 2 is 1.73 bits per heavy atom. The van der Waals surface area contributed by atoms with Gasteiger partial charge in [-0.3, -0.25) is 9.69 Å². The molecule has 4 saturated carbocycles. The second-order valence-corrected chi connectivity index (χ2v) is 11.5. The van der Waals surface area contributed by atoms with Gasteiger partial charge >= 0.3 is 0 Å². The first-order valence-corrected chi connectivity index (χ1v) is 13.0. The second kappa shape index (κ2) is 10.8. The minimum absolute atomic E-state index is 0. The maximum absolute atomic E-state index is 13.1. The van der Waals surface area contributed by atoms with Crippen LogP contribution in [0.5, 0.6) is 0 Å². The molecule has 5 aliphatic rings. The second-order valence-electron chi connectivity index (χ2n) is 11.1. The topological polar surface area (TPSA) is 64.6 Å². The molecule has 6 rings (SSSR count). The van der Waals surface area contributed by atoms with Gasteiger partial charge < -0.3 is 15.7 Å². The monoisotopic (exact) mass is 495 g/mol. The number of halogens is 2. The molecule has 4 aliphatic carbocycles. The van der Waals surface area contributed by atoms with Crippen molar-refractivity contribution in [2.24, 2.45) is 23.2 Å². The van der Waals surface area contributed by atoms with Gasteiger partial charge in [-0.15, -0.1) is 12.4 Å². The minimum Gasteiger partial charge on any atom is -0.395 e. The van der Waals surface area contributed by atoms with Gasteiger partial charge in [0.05, 0.1) is 17.2 Å². The van der Waals surface area contributed by atoms with E-state index in [0.29, 0.717) is 28.6 Å². The standard InChI is InChI=1S/C26H38ClN3O2.ClH/c27-24-2-1-18(16-30-6-3-22(4-7-30)28-5-8-31)12-23(24)25(32)29-17-26-13-19-9-20(14-26)11-21(10-19)15-26;/h1-2,12,19-22,28,31H,3-11,13-17H2,(H,29,32);1H. The van der Waals surface area contributed by atoms with Crippen LogP contribution in [0.3, 0.4) is 0 Å². The van der Waals surface area contributed by atoms with Gasteiger partial charge in [-0.25, -0.2) is 0 Å². The summed E-state index contributed by atoms with van der Waals surface area (Å²) in [4.78, 5) is 15.6. The highest BCUT2D eigenvalue weighted by molar-refractivity contribution is 6.33. The van der Waals surface area contributed by atoms with E-state index < -0.39 is 0 Å². The third-order valence-corrected chi connectivity index (χ3v) is 8.93. The van der Waals surface area contributed by atoms with E-state index in [1.165, 1.54) is 38.5 Å². The fourth-order valence-corrected chi connectivity index (χ4v) is 7.74. The van der Waals surface area contributed by atoms with E-state index in [0.717, 1.165) is 62.3 Å². The Labute approximate surface area is 209 Å². The van der Waals surface area contributed by atoms with Crippen molar-refractivity contribution in [3.05, 3.63) is 34.3 Å². The molecule has 1 amide bonds. The van der Waals surface area contributed by atoms with Crippen molar-refractivity contribution in [2.75, 3.05) is 32.8 Å². The van der Waals surface area contributed by atoms with Crippen molar-refractivity contribution in [3.63, 3.8) is 0 Å². The summed E-state index contributed by atoms with van der Waals surface area (Å²) in [5.74, 6) is 2.67. The van der Waals surface area contributed by atoms with Crippen LogP contribution in [-0.4, -0.2) is 54.7 Å². The van der Waals surface area contributed by atoms with E-state index in [1.54, 1.807) is 0 Å². The molecule has 1 aromatic carbocycles. The van der Waals surface area contributed by atoms with Gasteiger partial charge in [0.15, 0.2) is 0 Å². The maximum Gasteiger partial charge on any atom is 0.252 e. The van der Waals surface area contributed by atoms with E-state index in [9.17, 15) is 4.79 Å². The number of hydrogen-bond donors (Lipinski definition) is 3. The zero-order valence-corrected chi connectivity index (χ0v) is 21.1. The summed E-state index contributed by atoms with van der Waals surface area (Å²) in [7, 11) is 0. The number of aliphatic hydroxyl groups excluding tert-OH is 1. The van der Waals surface area contributed by atoms with Crippen LogP contribution < -0.4 is 10.6 Å². The molecule has 7 heteroatoms. The number of likely N-dealkylation sites (tertiary alicyclic amines) is 1. The van der Waals surface area contributed by atoms with Gasteiger partial charge in [0.2, 0.25) is 0 Å². The average molecular weight is 497 g/mol. The number of benzene rings is 1. The van der Waals surface area contributed by atoms with Crippen LogP contribution in [0, 0.1) is 23.2 Å². The Bertz CT molecular complexity index is 790. The van der Waals surface area contributed by atoms with Crippen LogP contribution >= 0.6 is 24.0 Å². The lowest BCUT2D eigenvalue weighted by Gasteiger charge is -2.56. The van der Waals surface area contributed by atoms with Crippen LogP contribution in [0.25, 0.3) is 0 Å². The predicted molar refractivity (Wildman–Crippen MR) is 135 cm³/mol. The molecule has 1 aromatic rings. The fourth-order valence-electron chi connectivity index (χ4n) is 7.54. The van der Waals surface area contributed by atoms with Crippen molar-refractivity contribution in [1.29, 1.82) is 0 Å². The molecular formula is C26H39Cl2N3O2. The number of amides is 1. The fraction of sp³-hybridized carbons (Fsp3) is 0.731. The van der Waals surface area contributed by atoms with E-state index in [4.69, 9.17) is 16.7 Å². The summed E-state index contributed by atoms with van der Waals surface area (Å²) in [6.45, 7) is 4.57. The molecule has 1 heterocycles. The van der Waals surface area contributed by atoms with Crippen LogP contribution in [0.4, 0.5) is 0 Å². The largest absolute Gasteiger partial charge is 0.395 e. The molecule has 33 heavy (non-hydrogen) atoms. The van der Waals surface area contributed by atoms with E-state index in [-0.39, 0.29) is 24.9 Å². The first-order chi connectivity index (χ1) is 15.5. The van der Waals surface area contributed by atoms with Crippen molar-refractivity contribution in [3.8, 4) is 0 Å². The molecule has 0 aromatic heterocycles. The average Bonchev–Trinajstić information content (AvgIpc) is 2.77. The predicted octanol–water partition coefficient (Wildman–Crippen LogP) is 4.25. The highest BCUT2D eigenvalue weighted by atomic mass is 35.5. The number of nitrogens with zero attached hydrogens (tertiary/aromatic N) is 1. The van der Waals surface area contributed by atoms with Gasteiger partial charge in [0.1, 0.15) is 0 Å². The Morgan fingerprint density at radius 3 is 2.33 bits per heavy atom. The number of rotatable bonds is 8. The molecule has 3 N–H and O–H groups in total. The zero-order valence-electron chi connectivity index (χ0n) is 19.5. The maximum atomic E-state index is 13.1. The summed E-state index contributed by atoms with van der Waals surface area (Å²) in [6.07, 6.45) is 10.4. The van der Waals surface area contributed by atoms with Crippen molar-refractivity contribution in [2.45, 2.75) is 64.0 Å². The first kappa shape index (κ1) is 25.2. The third kappa shape index (κ3) is 5.87. The van der Waals surface area contributed by atoms with Gasteiger partial charge in [0.25, 0.3) is 5.91 Å². The Morgan fingerprint density at radius 1 is 1.09 bits per heavy atom. The molecule has 5 nitrogen and oxygen atoms in total. The number of hydrogen-bond acceptors (Lipinski definition) is 4. The van der Waals surface area contributed by atoms with Crippen LogP contribution in [0.2, 0.25) is 5.02 Å². The molecule has 4 bridgehead atoms. The molecule has 0 unspecified atom stereocenters. The lowest BCUT2D eigenvalue weighted by atomic mass is 9.49. The lowest BCUT2D eigenvalue weighted by molar-refractivity contribution is -0.0503. The van der Waals surface area contributed by atoms with Gasteiger partial charge in [0, 0.05) is 25.7 Å². The van der Waals surface area contributed by atoms with E-state index in [1.807, 2.05) is 18.2 Å². The Hall–Kier alpha value is -0.850. The Kier molecular flexibility index (Phi) is 8.28. The van der Waals surface area contributed by atoms with Crippen molar-refractivity contribution >= 4 is 29.9 Å². The summed E-state index contributed by atoms with van der Waals surface area (Å²) in [6, 6.07) is 6.42. The minimum atomic E-state index is -0.0143. The zero-order chi connectivity index (χ0) is 22.1. The van der Waals surface area contributed by atoms with Gasteiger partial charge in [-0.1, -0.05) is 17.7 Å². The van der Waals surface area contributed by atoms with Crippen molar-refractivity contribution < 1.29 is 9.90 Å². The molecule has 5 fully saturated rings. The number of carbonyl (C=O) groups excluding carboxylic acids is 1. The lowest BCUT2D eigenvalue weighted by Crippen LogP contribution is -2.51. The number of aliphatic hydroxyl groups is 1. The summed E-state index contributed by atoms with van der Waals surface area (Å²) < 4.78 is 0. The molecule has 184 valence electrons. The molecular weight excluding hydrogens is 457 g/mol. The summed E-state index contributed by atoms with van der Waals surface area (Å²) >= 11 is 6.45. The first-order valence-electron chi connectivity index (χ1n) is 12.7. The number of carbonyl (C=O) groups is 1. The molecule has 1 aliphatic heterocycles. The van der Waals surface area contributed by atoms with E-state index in [2.05, 4.69) is 15.5 Å². The van der Waals surface area contributed by atoms with Crippen molar-refractivity contribution in [1.82, 2.24) is 15.5 Å².